The lowest BCUT2D eigenvalue weighted by molar-refractivity contribution is -0.00874. The van der Waals surface area contributed by atoms with Crippen molar-refractivity contribution in [2.24, 2.45) is 7.05 Å². The summed E-state index contributed by atoms with van der Waals surface area (Å²) in [7, 11) is 2.06. The molecule has 2 bridgehead atoms. The van der Waals surface area contributed by atoms with Gasteiger partial charge in [0.2, 0.25) is 0 Å². The van der Waals surface area contributed by atoms with E-state index in [1.807, 2.05) is 25.4 Å². The molecular weight excluding hydrogens is 496 g/mol. The van der Waals surface area contributed by atoms with E-state index in [-0.39, 0.29) is 0 Å². The summed E-state index contributed by atoms with van der Waals surface area (Å²) in [6.45, 7) is 7.10. The number of hydrogen-bond donors (Lipinski definition) is 2. The van der Waals surface area contributed by atoms with Crippen LogP contribution >= 0.6 is 0 Å². The highest BCUT2D eigenvalue weighted by atomic mass is 15.4. The van der Waals surface area contributed by atoms with Crippen molar-refractivity contribution >= 4 is 17.3 Å². The van der Waals surface area contributed by atoms with Gasteiger partial charge < -0.3 is 14.8 Å². The lowest BCUT2D eigenvalue weighted by atomic mass is 9.87. The first-order valence-electron chi connectivity index (χ1n) is 13.9. The zero-order valence-corrected chi connectivity index (χ0v) is 23.2. The van der Waals surface area contributed by atoms with Crippen LogP contribution in [0.5, 0.6) is 0 Å². The Morgan fingerprint density at radius 2 is 1.80 bits per heavy atom. The molecule has 8 nitrogen and oxygen atoms in total. The maximum absolute atomic E-state index is 4.89. The summed E-state index contributed by atoms with van der Waals surface area (Å²) in [5, 5.41) is 10.7. The SMILES string of the molecule is Cc1cc(Nc2cc(C)[nH]n2)cc(-c2ccc(N3CC4CC(C3)N4Cc3ccc(-c4cccn4C)nc3)nc2)c1. The average molecular weight is 531 g/mol. The van der Waals surface area contributed by atoms with E-state index in [2.05, 4.69) is 105 Å². The highest BCUT2D eigenvalue weighted by Crippen LogP contribution is 2.36. The van der Waals surface area contributed by atoms with Gasteiger partial charge in [0.1, 0.15) is 5.82 Å². The van der Waals surface area contributed by atoms with Crippen LogP contribution in [0.3, 0.4) is 0 Å². The summed E-state index contributed by atoms with van der Waals surface area (Å²) in [6.07, 6.45) is 7.36. The van der Waals surface area contributed by atoms with Crippen LogP contribution in [0.25, 0.3) is 22.5 Å². The van der Waals surface area contributed by atoms with Crippen LogP contribution in [-0.4, -0.2) is 54.8 Å². The number of rotatable bonds is 7. The van der Waals surface area contributed by atoms with Gasteiger partial charge in [-0.05, 0) is 79.4 Å². The van der Waals surface area contributed by atoms with E-state index in [0.717, 1.165) is 65.2 Å². The molecule has 5 aromatic rings. The summed E-state index contributed by atoms with van der Waals surface area (Å²) in [6, 6.07) is 22.5. The summed E-state index contributed by atoms with van der Waals surface area (Å²) in [5.74, 6) is 1.88. The van der Waals surface area contributed by atoms with Crippen LogP contribution in [0.2, 0.25) is 0 Å². The molecule has 4 aromatic heterocycles. The molecule has 202 valence electrons. The molecule has 2 N–H and O–H groups in total. The van der Waals surface area contributed by atoms with E-state index in [9.17, 15) is 0 Å². The standard InChI is InChI=1S/C32H34N8/c1-21-11-25(14-26(12-21)35-31-13-22(2)36-37-31)24-7-9-32(34-17-24)39-19-27-15-28(20-39)40(27)18-23-6-8-29(33-16-23)30-5-4-10-38(30)3/h4-14,16-17,27-28H,15,18-20H2,1-3H3,(H2,35,36,37). The van der Waals surface area contributed by atoms with Crippen molar-refractivity contribution in [2.75, 3.05) is 23.3 Å². The Hall–Kier alpha value is -4.43. The first-order valence-corrected chi connectivity index (χ1v) is 13.9. The third kappa shape index (κ3) is 4.75. The van der Waals surface area contributed by atoms with Crippen LogP contribution in [0.4, 0.5) is 17.3 Å². The summed E-state index contributed by atoms with van der Waals surface area (Å²) in [4.78, 5) is 14.7. The van der Waals surface area contributed by atoms with Gasteiger partial charge in [-0.2, -0.15) is 5.10 Å². The molecule has 3 fully saturated rings. The maximum Gasteiger partial charge on any atom is 0.152 e. The predicted molar refractivity (Wildman–Crippen MR) is 160 cm³/mol. The summed E-state index contributed by atoms with van der Waals surface area (Å²) in [5.41, 5.74) is 8.94. The second kappa shape index (κ2) is 9.95. The van der Waals surface area contributed by atoms with E-state index in [1.165, 1.54) is 17.5 Å². The van der Waals surface area contributed by atoms with Crippen molar-refractivity contribution < 1.29 is 0 Å². The Morgan fingerprint density at radius 3 is 2.48 bits per heavy atom. The summed E-state index contributed by atoms with van der Waals surface area (Å²) < 4.78 is 2.11. The smallest absolute Gasteiger partial charge is 0.152 e. The van der Waals surface area contributed by atoms with E-state index in [4.69, 9.17) is 9.97 Å². The fourth-order valence-electron chi connectivity index (χ4n) is 6.14. The molecule has 0 aliphatic carbocycles. The molecule has 1 aromatic carbocycles. The lowest BCUT2D eigenvalue weighted by Gasteiger charge is -2.56. The molecule has 3 aliphatic rings. The van der Waals surface area contributed by atoms with E-state index >= 15 is 0 Å². The number of aryl methyl sites for hydroxylation is 3. The van der Waals surface area contributed by atoms with Crippen molar-refractivity contribution in [3.05, 3.63) is 96.1 Å². The molecule has 0 radical (unpaired) electrons. The molecule has 7 heterocycles. The number of nitrogens with zero attached hydrogens (tertiary/aromatic N) is 6. The third-order valence-corrected chi connectivity index (χ3v) is 8.20. The number of aromatic nitrogens is 5. The molecule has 8 rings (SSSR count). The van der Waals surface area contributed by atoms with Crippen LogP contribution in [-0.2, 0) is 13.6 Å². The van der Waals surface area contributed by atoms with Crippen LogP contribution < -0.4 is 10.2 Å². The van der Waals surface area contributed by atoms with Crippen molar-refractivity contribution in [3.63, 3.8) is 0 Å². The molecule has 8 heteroatoms. The van der Waals surface area contributed by atoms with Gasteiger partial charge in [-0.25, -0.2) is 4.98 Å². The van der Waals surface area contributed by atoms with E-state index in [0.29, 0.717) is 12.1 Å². The largest absolute Gasteiger partial charge is 0.353 e. The van der Waals surface area contributed by atoms with Crippen LogP contribution in [0.15, 0.2) is 79.3 Å². The van der Waals surface area contributed by atoms with Gasteiger partial charge in [-0.15, -0.1) is 0 Å². The fraction of sp³-hybridized carbons (Fsp3) is 0.281. The van der Waals surface area contributed by atoms with Crippen LogP contribution in [0, 0.1) is 13.8 Å². The predicted octanol–water partition coefficient (Wildman–Crippen LogP) is 5.70. The van der Waals surface area contributed by atoms with E-state index < -0.39 is 0 Å². The van der Waals surface area contributed by atoms with Crippen LogP contribution in [0.1, 0.15) is 23.2 Å². The number of aromatic amines is 1. The molecule has 0 spiro atoms. The Balaban J connectivity index is 0.994. The van der Waals surface area contributed by atoms with Crippen molar-refractivity contribution in [1.82, 2.24) is 29.6 Å². The number of fused-ring (bicyclic) bond motifs is 2. The number of benzene rings is 1. The zero-order valence-electron chi connectivity index (χ0n) is 23.2. The van der Waals surface area contributed by atoms with Gasteiger partial charge >= 0.3 is 0 Å². The highest BCUT2D eigenvalue weighted by Gasteiger charge is 2.44. The molecule has 2 atom stereocenters. The topological polar surface area (TPSA) is 77.9 Å². The molecule has 2 unspecified atom stereocenters. The Bertz CT molecular complexity index is 1620. The lowest BCUT2D eigenvalue weighted by Crippen LogP contribution is -2.68. The number of piperidine rings is 1. The number of H-pyrrole nitrogens is 1. The number of pyridine rings is 2. The highest BCUT2D eigenvalue weighted by molar-refractivity contribution is 5.71. The Morgan fingerprint density at radius 1 is 0.925 bits per heavy atom. The van der Waals surface area contributed by atoms with E-state index in [1.54, 1.807) is 0 Å². The van der Waals surface area contributed by atoms with Gasteiger partial charge in [0.25, 0.3) is 0 Å². The zero-order chi connectivity index (χ0) is 27.2. The number of nitrogens with one attached hydrogen (secondary N) is 2. The molecule has 0 saturated carbocycles. The molecule has 0 amide bonds. The quantitative estimate of drug-likeness (QED) is 0.281. The second-order valence-corrected chi connectivity index (χ2v) is 11.2. The first-order chi connectivity index (χ1) is 19.5. The fourth-order valence-corrected chi connectivity index (χ4v) is 6.14. The van der Waals surface area contributed by atoms with Gasteiger partial charge in [0, 0.05) is 80.4 Å². The minimum absolute atomic E-state index is 0.559. The molecule has 3 aliphatic heterocycles. The normalized spacial score (nSPS) is 18.5. The average Bonchev–Trinajstić information content (AvgIpc) is 3.59. The van der Waals surface area contributed by atoms with Gasteiger partial charge in [-0.1, -0.05) is 12.1 Å². The Kier molecular flexibility index (Phi) is 6.12. The Labute approximate surface area is 234 Å². The van der Waals surface area contributed by atoms with Crippen molar-refractivity contribution in [2.45, 2.75) is 38.9 Å². The first kappa shape index (κ1) is 24.6. The second-order valence-electron chi connectivity index (χ2n) is 11.2. The van der Waals surface area contributed by atoms with Gasteiger partial charge in [-0.3, -0.25) is 15.0 Å². The maximum atomic E-state index is 4.89. The van der Waals surface area contributed by atoms with Crippen molar-refractivity contribution in [3.8, 4) is 22.5 Å². The third-order valence-electron chi connectivity index (χ3n) is 8.20. The molecule has 3 saturated heterocycles. The minimum Gasteiger partial charge on any atom is -0.353 e. The number of piperazine rings is 1. The molecular formula is C32H34N8. The molecule has 40 heavy (non-hydrogen) atoms. The minimum atomic E-state index is 0.559. The van der Waals surface area contributed by atoms with Gasteiger partial charge in [0.05, 0.1) is 11.4 Å². The number of anilines is 3. The van der Waals surface area contributed by atoms with Gasteiger partial charge in [0.15, 0.2) is 5.82 Å². The monoisotopic (exact) mass is 530 g/mol. The summed E-state index contributed by atoms with van der Waals surface area (Å²) >= 11 is 0. The van der Waals surface area contributed by atoms with Crippen molar-refractivity contribution in [1.29, 1.82) is 0 Å². The number of hydrogen-bond acceptors (Lipinski definition) is 6.